The number of halogens is 2. The first kappa shape index (κ1) is 14.3. The number of carbonyl (C=O) groups is 1. The Morgan fingerprint density at radius 1 is 1.29 bits per heavy atom. The quantitative estimate of drug-likeness (QED) is 0.886. The topological polar surface area (TPSA) is 29.1 Å². The first-order valence-corrected chi connectivity index (χ1v) is 6.27. The van der Waals surface area contributed by atoms with Gasteiger partial charge in [-0.2, -0.15) is 0 Å². The van der Waals surface area contributed by atoms with E-state index in [9.17, 15) is 4.79 Å². The van der Waals surface area contributed by atoms with Gasteiger partial charge in [0.1, 0.15) is 0 Å². The zero-order chi connectivity index (χ0) is 13.2. The van der Waals surface area contributed by atoms with Gasteiger partial charge in [-0.05, 0) is 31.5 Å². The van der Waals surface area contributed by atoms with Crippen molar-refractivity contribution in [1.29, 1.82) is 0 Å². The Morgan fingerprint density at radius 3 is 2.35 bits per heavy atom. The minimum atomic E-state index is -0.511. The third kappa shape index (κ3) is 3.62. The van der Waals surface area contributed by atoms with Gasteiger partial charge in [0.25, 0.3) is 0 Å². The standard InChI is InChI=1S/C13H17Cl2NO/c1-8(2)12(17)16-13(3,4)10-6-5-9(14)7-11(10)15/h5-8H,1-4H3,(H,16,17). The van der Waals surface area contributed by atoms with Gasteiger partial charge in [0.15, 0.2) is 0 Å². The van der Waals surface area contributed by atoms with Gasteiger partial charge in [0, 0.05) is 16.0 Å². The van der Waals surface area contributed by atoms with E-state index >= 15 is 0 Å². The molecule has 4 heteroatoms. The number of amides is 1. The van der Waals surface area contributed by atoms with Gasteiger partial charge in [0.05, 0.1) is 5.54 Å². The molecule has 0 spiro atoms. The molecule has 0 aliphatic heterocycles. The van der Waals surface area contributed by atoms with Gasteiger partial charge in [-0.25, -0.2) is 0 Å². The summed E-state index contributed by atoms with van der Waals surface area (Å²) in [6, 6.07) is 5.29. The van der Waals surface area contributed by atoms with Crippen LogP contribution in [0, 0.1) is 5.92 Å². The summed E-state index contributed by atoms with van der Waals surface area (Å²) < 4.78 is 0. The number of benzene rings is 1. The normalized spacial score (nSPS) is 11.7. The molecule has 94 valence electrons. The summed E-state index contributed by atoms with van der Waals surface area (Å²) in [7, 11) is 0. The van der Waals surface area contributed by atoms with Crippen LogP contribution in [0.2, 0.25) is 10.0 Å². The SMILES string of the molecule is CC(C)C(=O)NC(C)(C)c1ccc(Cl)cc1Cl. The Balaban J connectivity index is 3.00. The maximum atomic E-state index is 11.7. The van der Waals surface area contributed by atoms with Crippen LogP contribution in [0.25, 0.3) is 0 Å². The second-order valence-corrected chi connectivity index (χ2v) is 5.74. The van der Waals surface area contributed by atoms with E-state index in [0.717, 1.165) is 5.56 Å². The summed E-state index contributed by atoms with van der Waals surface area (Å²) in [4.78, 5) is 11.7. The van der Waals surface area contributed by atoms with Gasteiger partial charge in [-0.15, -0.1) is 0 Å². The predicted octanol–water partition coefficient (Wildman–Crippen LogP) is 4.00. The van der Waals surface area contributed by atoms with Crippen LogP contribution in [0.5, 0.6) is 0 Å². The fraction of sp³-hybridized carbons (Fsp3) is 0.462. The Bertz CT molecular complexity index is 427. The average molecular weight is 274 g/mol. The van der Waals surface area contributed by atoms with Crippen molar-refractivity contribution in [3.63, 3.8) is 0 Å². The molecule has 17 heavy (non-hydrogen) atoms. The van der Waals surface area contributed by atoms with Gasteiger partial charge >= 0.3 is 0 Å². The molecule has 0 bridgehead atoms. The van der Waals surface area contributed by atoms with Crippen LogP contribution < -0.4 is 5.32 Å². The summed E-state index contributed by atoms with van der Waals surface area (Å²) in [5.74, 6) is -0.0543. The zero-order valence-corrected chi connectivity index (χ0v) is 12.0. The van der Waals surface area contributed by atoms with E-state index in [1.807, 2.05) is 33.8 Å². The van der Waals surface area contributed by atoms with E-state index in [2.05, 4.69) is 5.32 Å². The second kappa shape index (κ2) is 5.28. The fourth-order valence-corrected chi connectivity index (χ4v) is 2.16. The summed E-state index contributed by atoms with van der Waals surface area (Å²) in [5.41, 5.74) is 0.348. The van der Waals surface area contributed by atoms with Crippen molar-refractivity contribution in [2.75, 3.05) is 0 Å². The van der Waals surface area contributed by atoms with Crippen LogP contribution in [0.15, 0.2) is 18.2 Å². The largest absolute Gasteiger partial charge is 0.347 e. The molecule has 0 aliphatic rings. The van der Waals surface area contributed by atoms with E-state index in [-0.39, 0.29) is 11.8 Å². The highest BCUT2D eigenvalue weighted by molar-refractivity contribution is 6.35. The minimum Gasteiger partial charge on any atom is -0.347 e. The van der Waals surface area contributed by atoms with E-state index < -0.39 is 5.54 Å². The van der Waals surface area contributed by atoms with Crippen LogP contribution in [-0.4, -0.2) is 5.91 Å². The number of hydrogen-bond acceptors (Lipinski definition) is 1. The van der Waals surface area contributed by atoms with Crippen LogP contribution in [0.4, 0.5) is 0 Å². The Kier molecular flexibility index (Phi) is 4.45. The van der Waals surface area contributed by atoms with E-state index in [1.165, 1.54) is 0 Å². The lowest BCUT2D eigenvalue weighted by Crippen LogP contribution is -2.43. The smallest absolute Gasteiger partial charge is 0.223 e. The summed E-state index contributed by atoms with van der Waals surface area (Å²) in [5, 5.41) is 4.12. The molecular formula is C13H17Cl2NO. The zero-order valence-electron chi connectivity index (χ0n) is 10.5. The molecule has 0 unspecified atom stereocenters. The molecular weight excluding hydrogens is 257 g/mol. The lowest BCUT2D eigenvalue weighted by atomic mass is 9.93. The van der Waals surface area contributed by atoms with Crippen molar-refractivity contribution >= 4 is 29.1 Å². The van der Waals surface area contributed by atoms with Crippen molar-refractivity contribution in [3.05, 3.63) is 33.8 Å². The highest BCUT2D eigenvalue weighted by Gasteiger charge is 2.26. The fourth-order valence-electron chi connectivity index (χ4n) is 1.52. The van der Waals surface area contributed by atoms with E-state index in [0.29, 0.717) is 10.0 Å². The average Bonchev–Trinajstić information content (AvgIpc) is 2.15. The maximum Gasteiger partial charge on any atom is 0.223 e. The van der Waals surface area contributed by atoms with Crippen molar-refractivity contribution in [3.8, 4) is 0 Å². The van der Waals surface area contributed by atoms with Crippen molar-refractivity contribution in [2.45, 2.75) is 33.2 Å². The molecule has 0 fully saturated rings. The van der Waals surface area contributed by atoms with Gasteiger partial charge in [-0.3, -0.25) is 4.79 Å². The van der Waals surface area contributed by atoms with Crippen molar-refractivity contribution in [2.24, 2.45) is 5.92 Å². The molecule has 0 saturated heterocycles. The molecule has 1 N–H and O–H groups in total. The number of carbonyl (C=O) groups excluding carboxylic acids is 1. The molecule has 2 nitrogen and oxygen atoms in total. The Hall–Kier alpha value is -0.730. The summed E-state index contributed by atoms with van der Waals surface area (Å²) in [6.45, 7) is 7.55. The molecule has 0 heterocycles. The molecule has 1 aromatic carbocycles. The van der Waals surface area contributed by atoms with Crippen molar-refractivity contribution < 1.29 is 4.79 Å². The number of hydrogen-bond donors (Lipinski definition) is 1. The highest BCUT2D eigenvalue weighted by atomic mass is 35.5. The predicted molar refractivity (Wildman–Crippen MR) is 72.5 cm³/mol. The van der Waals surface area contributed by atoms with E-state index in [1.54, 1.807) is 12.1 Å². The molecule has 1 aromatic rings. The van der Waals surface area contributed by atoms with Gasteiger partial charge in [-0.1, -0.05) is 43.1 Å². The molecule has 0 atom stereocenters. The first-order valence-electron chi connectivity index (χ1n) is 5.51. The lowest BCUT2D eigenvalue weighted by molar-refractivity contribution is -0.125. The first-order chi connectivity index (χ1) is 7.74. The second-order valence-electron chi connectivity index (χ2n) is 4.89. The molecule has 1 rings (SSSR count). The Morgan fingerprint density at radius 2 is 1.88 bits per heavy atom. The summed E-state index contributed by atoms with van der Waals surface area (Å²) >= 11 is 12.0. The Labute approximate surface area is 112 Å². The molecule has 0 saturated carbocycles. The highest BCUT2D eigenvalue weighted by Crippen LogP contribution is 2.30. The van der Waals surface area contributed by atoms with Crippen LogP contribution in [-0.2, 0) is 10.3 Å². The lowest BCUT2D eigenvalue weighted by Gasteiger charge is -2.29. The monoisotopic (exact) mass is 273 g/mol. The maximum absolute atomic E-state index is 11.7. The van der Waals surface area contributed by atoms with Gasteiger partial charge in [0.2, 0.25) is 5.91 Å². The third-order valence-electron chi connectivity index (χ3n) is 2.56. The van der Waals surface area contributed by atoms with E-state index in [4.69, 9.17) is 23.2 Å². The van der Waals surface area contributed by atoms with Gasteiger partial charge < -0.3 is 5.32 Å². The number of rotatable bonds is 3. The number of nitrogens with one attached hydrogen (secondary N) is 1. The molecule has 0 aromatic heterocycles. The van der Waals surface area contributed by atoms with Crippen LogP contribution in [0.3, 0.4) is 0 Å². The molecule has 0 aliphatic carbocycles. The third-order valence-corrected chi connectivity index (χ3v) is 3.11. The van der Waals surface area contributed by atoms with Crippen LogP contribution >= 0.6 is 23.2 Å². The minimum absolute atomic E-state index is 0.000941. The molecule has 1 amide bonds. The van der Waals surface area contributed by atoms with Crippen molar-refractivity contribution in [1.82, 2.24) is 5.32 Å². The summed E-state index contributed by atoms with van der Waals surface area (Å²) in [6.07, 6.45) is 0. The molecule has 0 radical (unpaired) electrons. The van der Waals surface area contributed by atoms with Crippen LogP contribution in [0.1, 0.15) is 33.3 Å².